The molecule has 0 aromatic carbocycles. The summed E-state index contributed by atoms with van der Waals surface area (Å²) in [5.74, 6) is -0.949. The largest absolute Gasteiger partial charge is 0.462 e. The van der Waals surface area contributed by atoms with E-state index in [2.05, 4.69) is 130 Å². The lowest BCUT2D eigenvalue weighted by molar-refractivity contribution is -0.167. The first-order valence-corrected chi connectivity index (χ1v) is 31.9. The maximum absolute atomic E-state index is 12.9. The Kier molecular flexibility index (Phi) is 60.3. The van der Waals surface area contributed by atoms with Gasteiger partial charge in [0.2, 0.25) is 0 Å². The normalized spacial score (nSPS) is 12.8. The van der Waals surface area contributed by atoms with Gasteiger partial charge in [-0.2, -0.15) is 0 Å². The smallest absolute Gasteiger partial charge is 0.306 e. The molecule has 0 fully saturated rings. The van der Waals surface area contributed by atoms with E-state index >= 15 is 0 Å². The van der Waals surface area contributed by atoms with Gasteiger partial charge in [0.25, 0.3) is 0 Å². The van der Waals surface area contributed by atoms with E-state index in [1.807, 2.05) is 0 Å². The predicted octanol–water partition coefficient (Wildman–Crippen LogP) is 21.8. The third-order valence-corrected chi connectivity index (χ3v) is 13.5. The van der Waals surface area contributed by atoms with Gasteiger partial charge in [-0.3, -0.25) is 14.4 Å². The second-order valence-corrected chi connectivity index (χ2v) is 20.9. The first kappa shape index (κ1) is 72.1. The Bertz CT molecular complexity index is 1540. The number of carbonyl (C=O) groups is 3. The number of hydrogen-bond donors (Lipinski definition) is 0. The lowest BCUT2D eigenvalue weighted by atomic mass is 10.0. The van der Waals surface area contributed by atoms with E-state index in [4.69, 9.17) is 14.2 Å². The SMILES string of the molecule is CC/C=C\C/C=C\C/C=C\C/C=C\C/C=C\C/C=C\CCCCC(=O)OC(COC(=O)CCCCCCC/C=C\CCC)COC(=O)CCCCCCCCCCCCCCCCC/C=C\C/C=C\CCCCCCC. The molecule has 0 saturated carbocycles. The van der Waals surface area contributed by atoms with Gasteiger partial charge in [-0.1, -0.05) is 265 Å². The third kappa shape index (κ3) is 60.9. The van der Waals surface area contributed by atoms with Crippen LogP contribution in [0.15, 0.2) is 109 Å². The Morgan fingerprint density at radius 1 is 0.276 bits per heavy atom. The zero-order valence-corrected chi connectivity index (χ0v) is 49.7. The molecule has 0 aromatic heterocycles. The monoisotopic (exact) mass is 1050 g/mol. The quantitative estimate of drug-likeness (QED) is 0.0261. The minimum atomic E-state index is -0.806. The van der Waals surface area contributed by atoms with Crippen LogP contribution in [0.5, 0.6) is 0 Å². The lowest BCUT2D eigenvalue weighted by Gasteiger charge is -2.18. The Hall–Kier alpha value is -3.93. The first-order valence-electron chi connectivity index (χ1n) is 31.9. The van der Waals surface area contributed by atoms with Crippen LogP contribution < -0.4 is 0 Å². The summed E-state index contributed by atoms with van der Waals surface area (Å²) in [5.41, 5.74) is 0. The highest BCUT2D eigenvalue weighted by molar-refractivity contribution is 5.71. The molecule has 1 unspecified atom stereocenters. The number of esters is 3. The number of ether oxygens (including phenoxy) is 3. The summed E-state index contributed by atoms with van der Waals surface area (Å²) in [4.78, 5) is 38.2. The van der Waals surface area contributed by atoms with Gasteiger partial charge in [0.15, 0.2) is 6.10 Å². The molecule has 76 heavy (non-hydrogen) atoms. The molecule has 0 spiro atoms. The zero-order chi connectivity index (χ0) is 55.0. The van der Waals surface area contributed by atoms with Gasteiger partial charge in [-0.15, -0.1) is 0 Å². The van der Waals surface area contributed by atoms with Gasteiger partial charge in [0.05, 0.1) is 0 Å². The van der Waals surface area contributed by atoms with Crippen molar-refractivity contribution in [3.05, 3.63) is 109 Å². The molecule has 6 heteroatoms. The molecule has 0 aliphatic rings. The van der Waals surface area contributed by atoms with Crippen molar-refractivity contribution in [3.8, 4) is 0 Å². The molecule has 0 aliphatic heterocycles. The van der Waals surface area contributed by atoms with Crippen molar-refractivity contribution in [3.63, 3.8) is 0 Å². The van der Waals surface area contributed by atoms with Crippen LogP contribution in [0.3, 0.4) is 0 Å². The molecule has 0 N–H and O–H groups in total. The molecular weight excluding hydrogens is 937 g/mol. The Morgan fingerprint density at radius 2 is 0.539 bits per heavy atom. The van der Waals surface area contributed by atoms with Crippen molar-refractivity contribution in [1.82, 2.24) is 0 Å². The average Bonchev–Trinajstić information content (AvgIpc) is 3.42. The summed E-state index contributed by atoms with van der Waals surface area (Å²) < 4.78 is 16.8. The van der Waals surface area contributed by atoms with Crippen LogP contribution >= 0.6 is 0 Å². The number of unbranched alkanes of at least 4 members (excludes halogenated alkanes) is 28. The molecule has 0 bridgehead atoms. The first-order chi connectivity index (χ1) is 37.5. The van der Waals surface area contributed by atoms with Crippen LogP contribution in [0, 0.1) is 0 Å². The molecule has 0 heterocycles. The average molecular weight is 1060 g/mol. The minimum Gasteiger partial charge on any atom is -0.462 e. The molecule has 0 radical (unpaired) electrons. The number of allylic oxidation sites excluding steroid dienone is 18. The van der Waals surface area contributed by atoms with Crippen molar-refractivity contribution >= 4 is 17.9 Å². The molecule has 1 atom stereocenters. The van der Waals surface area contributed by atoms with Crippen molar-refractivity contribution in [2.24, 2.45) is 0 Å². The van der Waals surface area contributed by atoms with Crippen LogP contribution in [0.4, 0.5) is 0 Å². The van der Waals surface area contributed by atoms with Crippen molar-refractivity contribution < 1.29 is 28.6 Å². The van der Waals surface area contributed by atoms with E-state index in [0.29, 0.717) is 19.3 Å². The van der Waals surface area contributed by atoms with E-state index in [0.717, 1.165) is 116 Å². The highest BCUT2D eigenvalue weighted by Gasteiger charge is 2.19. The van der Waals surface area contributed by atoms with Crippen LogP contribution in [0.2, 0.25) is 0 Å². The van der Waals surface area contributed by atoms with Gasteiger partial charge in [0.1, 0.15) is 13.2 Å². The van der Waals surface area contributed by atoms with Crippen LogP contribution in [0.25, 0.3) is 0 Å². The third-order valence-electron chi connectivity index (χ3n) is 13.5. The summed E-state index contributed by atoms with van der Waals surface area (Å²) >= 11 is 0. The molecule has 0 amide bonds. The Morgan fingerprint density at radius 3 is 0.895 bits per heavy atom. The predicted molar refractivity (Wildman–Crippen MR) is 330 cm³/mol. The molecular formula is C70H118O6. The fourth-order valence-corrected chi connectivity index (χ4v) is 8.71. The summed E-state index contributed by atoms with van der Waals surface area (Å²) in [6.07, 6.45) is 86.8. The molecule has 6 nitrogen and oxygen atoms in total. The van der Waals surface area contributed by atoms with E-state index in [9.17, 15) is 14.4 Å². The van der Waals surface area contributed by atoms with Crippen molar-refractivity contribution in [1.29, 1.82) is 0 Å². The fourth-order valence-electron chi connectivity index (χ4n) is 8.71. The number of carbonyl (C=O) groups excluding carboxylic acids is 3. The Labute approximate surface area is 470 Å². The summed E-state index contributed by atoms with van der Waals surface area (Å²) in [6.45, 7) is 6.43. The van der Waals surface area contributed by atoms with Gasteiger partial charge in [0, 0.05) is 19.3 Å². The standard InChI is InChI=1S/C70H118O6/c1-4-7-10-13-16-19-22-24-26-28-30-32-33-34-35-36-37-39-40-42-44-46-48-51-54-57-60-63-69(72)75-66-67(65-74-68(71)62-59-56-53-50-21-18-15-12-9-6-3)76-70(73)64-61-58-55-52-49-47-45-43-41-38-31-29-27-25-23-20-17-14-11-8-5-2/h8,11-12,15,17,20,22,24-25,27-28,30-31,38,43,45,49,52,67H,4-7,9-10,13-14,16,18-19,21,23,26,29,32-37,39-42,44,46-48,50-51,53-66H2,1-3H3/b11-8-,15-12-,20-17-,24-22-,27-25-,30-28-,38-31-,45-43-,52-49-. The Balaban J connectivity index is 4.29. The van der Waals surface area contributed by atoms with Crippen LogP contribution in [0.1, 0.15) is 297 Å². The summed E-state index contributed by atoms with van der Waals surface area (Å²) in [6, 6.07) is 0. The van der Waals surface area contributed by atoms with Crippen molar-refractivity contribution in [2.75, 3.05) is 13.2 Å². The van der Waals surface area contributed by atoms with E-state index < -0.39 is 6.10 Å². The lowest BCUT2D eigenvalue weighted by Crippen LogP contribution is -2.30. The topological polar surface area (TPSA) is 78.9 Å². The fraction of sp³-hybridized carbons (Fsp3) is 0.700. The van der Waals surface area contributed by atoms with E-state index in [1.54, 1.807) is 0 Å². The second kappa shape index (κ2) is 63.6. The van der Waals surface area contributed by atoms with Gasteiger partial charge < -0.3 is 14.2 Å². The highest BCUT2D eigenvalue weighted by atomic mass is 16.6. The maximum Gasteiger partial charge on any atom is 0.306 e. The number of hydrogen-bond acceptors (Lipinski definition) is 6. The van der Waals surface area contributed by atoms with Gasteiger partial charge in [-0.05, 0) is 122 Å². The summed E-state index contributed by atoms with van der Waals surface area (Å²) in [7, 11) is 0. The maximum atomic E-state index is 12.9. The molecule has 0 aliphatic carbocycles. The second-order valence-electron chi connectivity index (χ2n) is 20.9. The van der Waals surface area contributed by atoms with Gasteiger partial charge in [-0.25, -0.2) is 0 Å². The number of rotatable bonds is 57. The minimum absolute atomic E-state index is 0.0985. The van der Waals surface area contributed by atoms with Crippen molar-refractivity contribution in [2.45, 2.75) is 303 Å². The molecule has 0 rings (SSSR count). The summed E-state index contributed by atoms with van der Waals surface area (Å²) in [5, 5.41) is 0. The molecule has 0 saturated heterocycles. The van der Waals surface area contributed by atoms with E-state index in [1.165, 1.54) is 135 Å². The molecule has 434 valence electrons. The van der Waals surface area contributed by atoms with E-state index in [-0.39, 0.29) is 37.5 Å². The zero-order valence-electron chi connectivity index (χ0n) is 49.7. The molecule has 0 aromatic rings. The van der Waals surface area contributed by atoms with Gasteiger partial charge >= 0.3 is 17.9 Å². The highest BCUT2D eigenvalue weighted by Crippen LogP contribution is 2.16. The van der Waals surface area contributed by atoms with Crippen LogP contribution in [-0.2, 0) is 28.6 Å². The van der Waals surface area contributed by atoms with Crippen LogP contribution in [-0.4, -0.2) is 37.2 Å².